The molecular weight excluding hydrogens is 292 g/mol. The second kappa shape index (κ2) is 11.5. The van der Waals surface area contributed by atoms with E-state index in [0.29, 0.717) is 45.0 Å². The van der Waals surface area contributed by atoms with Crippen LogP contribution in [-0.4, -0.2) is 54.7 Å². The van der Waals surface area contributed by atoms with Crippen molar-refractivity contribution in [3.63, 3.8) is 0 Å². The third-order valence-corrected chi connectivity index (χ3v) is 6.47. The van der Waals surface area contributed by atoms with Gasteiger partial charge in [0.05, 0.1) is 19.8 Å². The van der Waals surface area contributed by atoms with Gasteiger partial charge in [-0.1, -0.05) is 0 Å². The Kier molecular flexibility index (Phi) is 11.5. The Hall–Kier alpha value is -0.0631. The SMILES string of the molecule is CCOC(OCC)(OCC)O[Si@@](CCN)(CCCN)OC. The van der Waals surface area contributed by atoms with Crippen molar-refractivity contribution >= 4 is 8.56 Å². The summed E-state index contributed by atoms with van der Waals surface area (Å²) in [5.41, 5.74) is 11.3. The van der Waals surface area contributed by atoms with E-state index >= 15 is 0 Å². The van der Waals surface area contributed by atoms with E-state index < -0.39 is 14.7 Å². The van der Waals surface area contributed by atoms with Crippen LogP contribution in [0.3, 0.4) is 0 Å². The van der Waals surface area contributed by atoms with Gasteiger partial charge < -0.3 is 34.5 Å². The van der Waals surface area contributed by atoms with Gasteiger partial charge in [-0.15, -0.1) is 0 Å². The molecule has 0 saturated heterocycles. The first-order valence-electron chi connectivity index (χ1n) is 7.64. The zero-order valence-electron chi connectivity index (χ0n) is 13.9. The highest BCUT2D eigenvalue weighted by atomic mass is 28.4. The predicted octanol–water partition coefficient (Wildman–Crippen LogP) is 1.12. The number of hydrogen-bond donors (Lipinski definition) is 2. The first-order chi connectivity index (χ1) is 10.1. The van der Waals surface area contributed by atoms with Crippen LogP contribution in [0.15, 0.2) is 0 Å². The number of rotatable bonds is 14. The maximum atomic E-state index is 6.15. The fourth-order valence-corrected chi connectivity index (χ4v) is 4.80. The molecule has 0 spiro atoms. The summed E-state index contributed by atoms with van der Waals surface area (Å²) in [5, 5.41) is 0. The summed E-state index contributed by atoms with van der Waals surface area (Å²) in [6, 6.07) is 1.34. The predicted molar refractivity (Wildman–Crippen MR) is 83.8 cm³/mol. The molecule has 0 aliphatic heterocycles. The van der Waals surface area contributed by atoms with Crippen LogP contribution in [0, 0.1) is 0 Å². The van der Waals surface area contributed by atoms with E-state index in [1.165, 1.54) is 0 Å². The van der Waals surface area contributed by atoms with Crippen molar-refractivity contribution in [1.82, 2.24) is 0 Å². The van der Waals surface area contributed by atoms with Gasteiger partial charge in [0.15, 0.2) is 0 Å². The molecule has 8 heteroatoms. The molecule has 0 rings (SSSR count). The van der Waals surface area contributed by atoms with Crippen molar-refractivity contribution in [2.75, 3.05) is 40.0 Å². The van der Waals surface area contributed by atoms with Crippen LogP contribution in [0.4, 0.5) is 0 Å². The van der Waals surface area contributed by atoms with Gasteiger partial charge in [0, 0.05) is 13.2 Å². The summed E-state index contributed by atoms with van der Waals surface area (Å²) in [6.45, 7) is 7.79. The second-order valence-electron chi connectivity index (χ2n) is 4.45. The van der Waals surface area contributed by atoms with Crippen molar-refractivity contribution in [2.24, 2.45) is 11.5 Å². The summed E-state index contributed by atoms with van der Waals surface area (Å²) in [5.74, 6) is 0. The molecule has 0 aliphatic rings. The fourth-order valence-electron chi connectivity index (χ4n) is 2.04. The topological polar surface area (TPSA) is 98.2 Å². The molecule has 0 radical (unpaired) electrons. The molecular formula is C13H32N2O5Si. The molecule has 1 atom stereocenters. The zero-order valence-corrected chi connectivity index (χ0v) is 14.9. The molecule has 0 saturated carbocycles. The highest BCUT2D eigenvalue weighted by Crippen LogP contribution is 2.29. The Morgan fingerprint density at radius 3 is 1.71 bits per heavy atom. The molecule has 0 heterocycles. The molecule has 0 aromatic carbocycles. The van der Waals surface area contributed by atoms with E-state index in [1.54, 1.807) is 7.11 Å². The van der Waals surface area contributed by atoms with E-state index in [2.05, 4.69) is 0 Å². The van der Waals surface area contributed by atoms with E-state index in [4.69, 9.17) is 34.5 Å². The highest BCUT2D eigenvalue weighted by molar-refractivity contribution is 6.67. The van der Waals surface area contributed by atoms with Gasteiger partial charge in [-0.05, 0) is 46.3 Å². The van der Waals surface area contributed by atoms with Gasteiger partial charge in [0.1, 0.15) is 0 Å². The first-order valence-corrected chi connectivity index (χ1v) is 9.87. The second-order valence-corrected chi connectivity index (χ2v) is 7.88. The van der Waals surface area contributed by atoms with Crippen LogP contribution < -0.4 is 11.5 Å². The molecule has 0 aromatic heterocycles. The van der Waals surface area contributed by atoms with Gasteiger partial charge in [-0.2, -0.15) is 0 Å². The lowest BCUT2D eigenvalue weighted by molar-refractivity contribution is -0.475. The Balaban J connectivity index is 5.22. The lowest BCUT2D eigenvalue weighted by Gasteiger charge is -2.39. The molecule has 21 heavy (non-hydrogen) atoms. The Bertz CT molecular complexity index is 244. The molecule has 7 nitrogen and oxygen atoms in total. The Morgan fingerprint density at radius 2 is 1.38 bits per heavy atom. The van der Waals surface area contributed by atoms with E-state index in [0.717, 1.165) is 6.42 Å². The molecule has 0 aliphatic carbocycles. The van der Waals surface area contributed by atoms with Crippen molar-refractivity contribution < 1.29 is 23.1 Å². The van der Waals surface area contributed by atoms with Crippen LogP contribution in [0.2, 0.25) is 12.1 Å². The lowest BCUT2D eigenvalue weighted by atomic mass is 10.5. The summed E-state index contributed by atoms with van der Waals surface area (Å²) < 4.78 is 28.7. The van der Waals surface area contributed by atoms with Crippen LogP contribution in [0.1, 0.15) is 27.2 Å². The van der Waals surface area contributed by atoms with Crippen LogP contribution in [-0.2, 0) is 23.1 Å². The minimum Gasteiger partial charge on any atom is -0.397 e. The summed E-state index contributed by atoms with van der Waals surface area (Å²) in [7, 11) is -0.986. The average Bonchev–Trinajstić information content (AvgIpc) is 2.46. The molecule has 128 valence electrons. The van der Waals surface area contributed by atoms with Gasteiger partial charge >= 0.3 is 14.7 Å². The van der Waals surface area contributed by atoms with Crippen molar-refractivity contribution in [3.05, 3.63) is 0 Å². The fraction of sp³-hybridized carbons (Fsp3) is 1.00. The van der Waals surface area contributed by atoms with E-state index in [9.17, 15) is 0 Å². The monoisotopic (exact) mass is 324 g/mol. The summed E-state index contributed by atoms with van der Waals surface area (Å²) in [6.07, 6.45) is -0.731. The quantitative estimate of drug-likeness (QED) is 0.365. The number of hydrogen-bond acceptors (Lipinski definition) is 7. The Morgan fingerprint density at radius 1 is 0.857 bits per heavy atom. The smallest absolute Gasteiger partial charge is 0.397 e. The van der Waals surface area contributed by atoms with E-state index in [1.807, 2.05) is 20.8 Å². The van der Waals surface area contributed by atoms with Gasteiger partial charge in [-0.25, -0.2) is 0 Å². The van der Waals surface area contributed by atoms with Crippen molar-refractivity contribution in [2.45, 2.75) is 45.4 Å². The minimum absolute atomic E-state index is 0.397. The third kappa shape index (κ3) is 7.16. The summed E-state index contributed by atoms with van der Waals surface area (Å²) >= 11 is 0. The Labute approximate surface area is 129 Å². The van der Waals surface area contributed by atoms with Crippen LogP contribution >= 0.6 is 0 Å². The maximum Gasteiger partial charge on any atom is 0.404 e. The largest absolute Gasteiger partial charge is 0.404 e. The molecule has 0 unspecified atom stereocenters. The van der Waals surface area contributed by atoms with Gasteiger partial charge in [0.2, 0.25) is 0 Å². The minimum atomic E-state index is -2.62. The number of nitrogens with two attached hydrogens (primary N) is 2. The average molecular weight is 324 g/mol. The molecule has 0 bridgehead atoms. The van der Waals surface area contributed by atoms with Gasteiger partial charge in [-0.3, -0.25) is 0 Å². The van der Waals surface area contributed by atoms with Crippen LogP contribution in [0.25, 0.3) is 0 Å². The van der Waals surface area contributed by atoms with Crippen molar-refractivity contribution in [1.29, 1.82) is 0 Å². The molecule has 0 aromatic rings. The highest BCUT2D eigenvalue weighted by Gasteiger charge is 2.47. The zero-order chi connectivity index (χ0) is 16.2. The normalized spacial score (nSPS) is 15.1. The number of ether oxygens (including phenoxy) is 3. The standard InChI is InChI=1S/C13H32N2O5Si/c1-5-17-13(18-6-2,19-7-3)20-21(16-4,12-10-15)11-8-9-14/h5-12,14-15H2,1-4H3/t21-/m1/s1. The maximum absolute atomic E-state index is 6.15. The summed E-state index contributed by atoms with van der Waals surface area (Å²) in [4.78, 5) is 0. The molecule has 4 N–H and O–H groups in total. The third-order valence-electron chi connectivity index (χ3n) is 2.93. The first kappa shape index (κ1) is 20.9. The van der Waals surface area contributed by atoms with Crippen molar-refractivity contribution in [3.8, 4) is 0 Å². The lowest BCUT2D eigenvalue weighted by Crippen LogP contribution is -2.55. The molecule has 0 amide bonds. The van der Waals surface area contributed by atoms with Crippen LogP contribution in [0.5, 0.6) is 0 Å². The molecule has 0 fully saturated rings. The van der Waals surface area contributed by atoms with E-state index in [-0.39, 0.29) is 0 Å². The van der Waals surface area contributed by atoms with Gasteiger partial charge in [0.25, 0.3) is 0 Å².